The summed E-state index contributed by atoms with van der Waals surface area (Å²) in [6.45, 7) is 22.8. The van der Waals surface area contributed by atoms with E-state index in [0.717, 1.165) is 49.9 Å². The van der Waals surface area contributed by atoms with Crippen LogP contribution in [0.15, 0.2) is 121 Å². The first-order valence-electron chi connectivity index (χ1n) is 20.5. The van der Waals surface area contributed by atoms with Gasteiger partial charge in [-0.2, -0.15) is 11.3 Å². The van der Waals surface area contributed by atoms with Crippen molar-refractivity contribution in [2.45, 2.75) is 78.9 Å². The number of hydrogen-bond acceptors (Lipinski definition) is 4. The Hall–Kier alpha value is -5.04. The summed E-state index contributed by atoms with van der Waals surface area (Å²) in [6, 6.07) is 47.9. The van der Waals surface area contributed by atoms with E-state index < -0.39 is 8.07 Å². The molecule has 0 aliphatic heterocycles. The van der Waals surface area contributed by atoms with Gasteiger partial charge in [0.1, 0.15) is 4.83 Å². The molecule has 60 heavy (non-hydrogen) atoms. The number of rotatable bonds is 4. The third kappa shape index (κ3) is 7.19. The molecule has 1 aliphatic carbocycles. The maximum atomic E-state index is 5.09. The normalized spacial score (nSPS) is 13.2. The number of benzene rings is 5. The van der Waals surface area contributed by atoms with Crippen LogP contribution in [0.3, 0.4) is 0 Å². The summed E-state index contributed by atoms with van der Waals surface area (Å²) in [5, 5.41) is 3.84. The molecule has 0 spiro atoms. The Labute approximate surface area is 373 Å². The topological polar surface area (TPSA) is 43.6 Å². The molecular formula is C53H50IrN4SSi-2. The van der Waals surface area contributed by atoms with Crippen LogP contribution in [0, 0.1) is 26.0 Å². The molecule has 4 heterocycles. The second-order valence-corrected chi connectivity index (χ2v) is 24.5. The van der Waals surface area contributed by atoms with Crippen molar-refractivity contribution in [3.8, 4) is 39.5 Å². The number of para-hydroxylation sites is 2. The SMILES string of the molecule is Cc1cc(-c2[c-]ccc3c2C(C)(C)c2ccccc2-3)ncc1[Si](C)(C)C.Cc1ccc2c(n1)sc1c(-c3nc4ccccc4n3-c3ccc(C(C)(C)C)cc3)[c-]ccc12.[Ir]. The number of fused-ring (bicyclic) bond motifs is 7. The molecule has 1 aliphatic rings. The van der Waals surface area contributed by atoms with Gasteiger partial charge in [-0.3, -0.25) is 4.98 Å². The van der Waals surface area contributed by atoms with Crippen LogP contribution in [0.5, 0.6) is 0 Å². The molecule has 0 atom stereocenters. The first kappa shape index (κ1) is 41.7. The summed E-state index contributed by atoms with van der Waals surface area (Å²) in [4.78, 5) is 15.8. The second kappa shape index (κ2) is 15.5. The maximum absolute atomic E-state index is 5.09. The molecule has 5 aromatic carbocycles. The summed E-state index contributed by atoms with van der Waals surface area (Å²) in [5.74, 6) is 0.911. The third-order valence-electron chi connectivity index (χ3n) is 11.9. The van der Waals surface area contributed by atoms with Crippen LogP contribution in [0.1, 0.15) is 62.6 Å². The van der Waals surface area contributed by atoms with Crippen molar-refractivity contribution in [2.24, 2.45) is 0 Å². The van der Waals surface area contributed by atoms with Crippen molar-refractivity contribution in [1.29, 1.82) is 0 Å². The van der Waals surface area contributed by atoms with Crippen molar-refractivity contribution in [3.63, 3.8) is 0 Å². The zero-order valence-corrected chi connectivity index (χ0v) is 40.3. The van der Waals surface area contributed by atoms with E-state index in [-0.39, 0.29) is 30.9 Å². The van der Waals surface area contributed by atoms with Crippen molar-refractivity contribution in [3.05, 3.63) is 162 Å². The first-order chi connectivity index (χ1) is 28.1. The fourth-order valence-corrected chi connectivity index (χ4v) is 11.8. The first-order valence-corrected chi connectivity index (χ1v) is 24.8. The molecule has 0 N–H and O–H groups in total. The van der Waals surface area contributed by atoms with Crippen LogP contribution < -0.4 is 5.19 Å². The van der Waals surface area contributed by atoms with E-state index in [1.807, 2.05) is 19.1 Å². The molecule has 0 fully saturated rings. The number of aryl methyl sites for hydroxylation is 2. The summed E-state index contributed by atoms with van der Waals surface area (Å²) in [5.41, 5.74) is 15.6. The number of aromatic nitrogens is 4. The van der Waals surface area contributed by atoms with Gasteiger partial charge in [0.15, 0.2) is 0 Å². The Balaban J connectivity index is 0.000000168. The Bertz CT molecular complexity index is 3070. The number of nitrogens with zero attached hydrogens (tertiary/aromatic N) is 4. The quantitative estimate of drug-likeness (QED) is 0.130. The van der Waals surface area contributed by atoms with E-state index in [4.69, 9.17) is 15.0 Å². The zero-order valence-electron chi connectivity index (χ0n) is 36.1. The average molecular weight is 995 g/mol. The molecule has 7 heteroatoms. The molecule has 303 valence electrons. The van der Waals surface area contributed by atoms with Gasteiger partial charge in [0.05, 0.1) is 24.9 Å². The zero-order chi connectivity index (χ0) is 41.4. The van der Waals surface area contributed by atoms with Crippen molar-refractivity contribution >= 4 is 55.9 Å². The Morgan fingerprint density at radius 2 is 1.43 bits per heavy atom. The van der Waals surface area contributed by atoms with E-state index >= 15 is 0 Å². The van der Waals surface area contributed by atoms with Crippen LogP contribution in [-0.2, 0) is 30.9 Å². The predicted molar refractivity (Wildman–Crippen MR) is 253 cm³/mol. The Kier molecular flexibility index (Phi) is 10.7. The molecule has 0 saturated carbocycles. The van der Waals surface area contributed by atoms with Gasteiger partial charge in [-0.25, -0.2) is 4.98 Å². The molecule has 9 aromatic rings. The van der Waals surface area contributed by atoms with Gasteiger partial charge < -0.3 is 9.55 Å². The summed E-state index contributed by atoms with van der Waals surface area (Å²) in [7, 11) is -1.38. The number of thiophene rings is 1. The van der Waals surface area contributed by atoms with Gasteiger partial charge in [0.25, 0.3) is 0 Å². The van der Waals surface area contributed by atoms with Gasteiger partial charge in [-0.15, -0.1) is 47.5 Å². The number of hydrogen-bond donors (Lipinski definition) is 0. The van der Waals surface area contributed by atoms with E-state index in [9.17, 15) is 0 Å². The number of imidazole rings is 1. The van der Waals surface area contributed by atoms with Gasteiger partial charge in [0.2, 0.25) is 0 Å². The largest absolute Gasteiger partial charge is 0.333 e. The monoisotopic (exact) mass is 995 g/mol. The molecule has 4 aromatic heterocycles. The van der Waals surface area contributed by atoms with Gasteiger partial charge in [-0.1, -0.05) is 137 Å². The molecule has 0 unspecified atom stereocenters. The fourth-order valence-electron chi connectivity index (χ4n) is 8.90. The van der Waals surface area contributed by atoms with E-state index in [0.29, 0.717) is 0 Å². The minimum absolute atomic E-state index is 0. The van der Waals surface area contributed by atoms with Gasteiger partial charge in [0, 0.05) is 37.7 Å². The van der Waals surface area contributed by atoms with Gasteiger partial charge in [-0.05, 0) is 92.7 Å². The van der Waals surface area contributed by atoms with E-state index in [2.05, 4.69) is 187 Å². The molecule has 10 rings (SSSR count). The smallest absolute Gasteiger partial charge is 0.113 e. The standard InChI is InChI=1S/C29H24N3S.C24H26NSi.Ir/c1-18-12-17-22-21-8-7-9-23(26(21)33-28(22)30-18)27-31-24-10-5-6-11-25(24)32(27)20-15-13-19(14-16-20)29(2,3)4;1-16-14-21(25-15-22(16)26(4,5)6)19-12-9-11-18-17-10-7-8-13-20(17)24(2,3)23(18)19;/h5-8,10-17H,1-4H3;7-11,13-15H,1-6H3;/q2*-1;. The Morgan fingerprint density at radius 1 is 0.733 bits per heavy atom. The molecular weight excluding hydrogens is 945 g/mol. The van der Waals surface area contributed by atoms with Crippen molar-refractivity contribution in [2.75, 3.05) is 0 Å². The van der Waals surface area contributed by atoms with E-state index in [1.165, 1.54) is 54.0 Å². The van der Waals surface area contributed by atoms with Crippen LogP contribution >= 0.6 is 11.3 Å². The second-order valence-electron chi connectivity index (χ2n) is 18.5. The molecule has 0 saturated heterocycles. The predicted octanol–water partition coefficient (Wildman–Crippen LogP) is 13.6. The summed E-state index contributed by atoms with van der Waals surface area (Å²) < 4.78 is 3.43. The molecule has 4 nitrogen and oxygen atoms in total. The Morgan fingerprint density at radius 3 is 2.17 bits per heavy atom. The van der Waals surface area contributed by atoms with Gasteiger partial charge >= 0.3 is 0 Å². The van der Waals surface area contributed by atoms with Crippen molar-refractivity contribution < 1.29 is 20.1 Å². The fraction of sp³-hybridized carbons (Fsp3) is 0.226. The summed E-state index contributed by atoms with van der Waals surface area (Å²) in [6.07, 6.45) is 2.11. The van der Waals surface area contributed by atoms with Crippen LogP contribution in [0.2, 0.25) is 19.6 Å². The summed E-state index contributed by atoms with van der Waals surface area (Å²) >= 11 is 1.72. The number of pyridine rings is 2. The van der Waals surface area contributed by atoms with Crippen LogP contribution in [0.4, 0.5) is 0 Å². The average Bonchev–Trinajstić information content (AvgIpc) is 3.85. The van der Waals surface area contributed by atoms with Crippen LogP contribution in [0.25, 0.3) is 70.8 Å². The molecule has 0 amide bonds. The molecule has 1 radical (unpaired) electrons. The van der Waals surface area contributed by atoms with E-state index in [1.54, 1.807) is 11.3 Å². The third-order valence-corrected chi connectivity index (χ3v) is 15.2. The minimum Gasteiger partial charge on any atom is -0.333 e. The van der Waals surface area contributed by atoms with Crippen LogP contribution in [-0.4, -0.2) is 27.6 Å². The molecule has 0 bridgehead atoms. The maximum Gasteiger partial charge on any atom is 0.113 e. The minimum atomic E-state index is -1.38. The van der Waals surface area contributed by atoms with Crippen molar-refractivity contribution in [1.82, 2.24) is 19.5 Å².